The van der Waals surface area contributed by atoms with Crippen molar-refractivity contribution >= 4 is 23.3 Å². The number of rotatable bonds is 7. The van der Waals surface area contributed by atoms with Crippen molar-refractivity contribution in [3.8, 4) is 22.4 Å². The number of piperidine rings is 1. The van der Waals surface area contributed by atoms with Crippen LogP contribution in [0.1, 0.15) is 25.8 Å². The lowest BCUT2D eigenvalue weighted by Crippen LogP contribution is -2.43. The molecule has 0 bridgehead atoms. The van der Waals surface area contributed by atoms with Crippen molar-refractivity contribution in [3.05, 3.63) is 55.1 Å². The summed E-state index contributed by atoms with van der Waals surface area (Å²) in [5.41, 5.74) is 3.68. The molecule has 3 amide bonds. The minimum atomic E-state index is -4.50. The molecule has 0 aliphatic carbocycles. The van der Waals surface area contributed by atoms with Crippen molar-refractivity contribution in [1.82, 2.24) is 34.6 Å². The van der Waals surface area contributed by atoms with Crippen LogP contribution in [0.4, 0.5) is 23.7 Å². The molecule has 1 unspecified atom stereocenters. The largest absolute Gasteiger partial charge is 0.405 e. The Labute approximate surface area is 233 Å². The molecule has 0 spiro atoms. The highest BCUT2D eigenvalue weighted by molar-refractivity contribution is 5.90. The lowest BCUT2D eigenvalue weighted by Gasteiger charge is -2.32. The molecule has 41 heavy (non-hydrogen) atoms. The number of amides is 3. The number of nitrogens with zero attached hydrogens (tertiary/aromatic N) is 6. The maximum Gasteiger partial charge on any atom is 0.405 e. The third kappa shape index (κ3) is 6.48. The van der Waals surface area contributed by atoms with Crippen LogP contribution >= 0.6 is 0 Å². The van der Waals surface area contributed by atoms with Gasteiger partial charge < -0.3 is 20.3 Å². The number of fused-ring (bicyclic) bond motifs is 1. The first-order chi connectivity index (χ1) is 19.6. The number of carbonyl (C=O) groups excluding carboxylic acids is 2. The second-order valence-electron chi connectivity index (χ2n) is 9.81. The summed E-state index contributed by atoms with van der Waals surface area (Å²) in [6.07, 6.45) is 4.08. The molecule has 4 aromatic rings. The number of hydrogen-bond acceptors (Lipinski definition) is 6. The van der Waals surface area contributed by atoms with E-state index in [4.69, 9.17) is 4.74 Å². The number of anilines is 1. The zero-order valence-corrected chi connectivity index (χ0v) is 22.4. The Bertz CT molecular complexity index is 1540. The van der Waals surface area contributed by atoms with Gasteiger partial charge in [0.05, 0.1) is 30.4 Å². The van der Waals surface area contributed by atoms with E-state index < -0.39 is 24.8 Å². The number of halogens is 3. The second kappa shape index (κ2) is 11.6. The first-order valence-electron chi connectivity index (χ1n) is 13.0. The van der Waals surface area contributed by atoms with Gasteiger partial charge in [0.2, 0.25) is 5.91 Å². The van der Waals surface area contributed by atoms with E-state index in [1.165, 1.54) is 0 Å². The van der Waals surface area contributed by atoms with E-state index in [1.54, 1.807) is 70.7 Å². The summed E-state index contributed by atoms with van der Waals surface area (Å²) in [7, 11) is 1.69. The molecule has 1 saturated heterocycles. The van der Waals surface area contributed by atoms with Crippen LogP contribution in [0.3, 0.4) is 0 Å². The lowest BCUT2D eigenvalue weighted by atomic mass is 10.1. The molecular weight excluding hydrogens is 541 g/mol. The summed E-state index contributed by atoms with van der Waals surface area (Å²) in [4.78, 5) is 31.2. The highest BCUT2D eigenvalue weighted by Crippen LogP contribution is 2.27. The molecule has 11 nitrogen and oxygen atoms in total. The van der Waals surface area contributed by atoms with E-state index >= 15 is 0 Å². The van der Waals surface area contributed by atoms with Gasteiger partial charge in [0, 0.05) is 48.8 Å². The molecule has 1 aliphatic rings. The quantitative estimate of drug-likeness (QED) is 0.345. The van der Waals surface area contributed by atoms with Crippen LogP contribution in [0, 0.1) is 0 Å². The number of alkyl halides is 3. The molecule has 0 radical (unpaired) electrons. The summed E-state index contributed by atoms with van der Waals surface area (Å²) in [6, 6.07) is 7.04. The van der Waals surface area contributed by atoms with Crippen LogP contribution in [0.2, 0.25) is 0 Å². The lowest BCUT2D eigenvalue weighted by molar-refractivity contribution is -0.136. The molecule has 2 N–H and O–H groups in total. The Morgan fingerprint density at radius 1 is 1.07 bits per heavy atom. The number of imidazole rings is 1. The molecule has 3 aromatic heterocycles. The van der Waals surface area contributed by atoms with Gasteiger partial charge in [-0.2, -0.15) is 23.4 Å². The topological polar surface area (TPSA) is 119 Å². The fraction of sp³-hybridized carbons (Fsp3) is 0.370. The number of ether oxygens (including phenoxy) is 1. The number of methoxy groups -OCH3 is 1. The SMILES string of the molecule is COC1CCN(C(=O)C(C)n2cc(-c3cnn4c(-c5cccc(NC(=O)NCC(F)(F)F)c5)cnc4c3)cn2)CC1. The number of likely N-dealkylation sites (tertiary alicyclic amines) is 1. The Hall–Kier alpha value is -4.46. The van der Waals surface area contributed by atoms with Gasteiger partial charge in [-0.25, -0.2) is 14.3 Å². The number of benzene rings is 1. The standard InChI is InChI=1S/C27H29F3N8O3/c1-17(25(39)36-8-6-22(41-2)7-9-36)37-15-20(13-33-37)19-11-24-31-14-23(38(24)34-12-19)18-4-3-5-21(10-18)35-26(40)32-16-27(28,29)30/h3-5,10-15,17,22H,6-9,16H2,1-2H3,(H2,32,35,40). The first-order valence-corrected chi connectivity index (χ1v) is 13.0. The molecular formula is C27H29F3N8O3. The van der Waals surface area contributed by atoms with Gasteiger partial charge in [0.25, 0.3) is 0 Å². The van der Waals surface area contributed by atoms with Gasteiger partial charge in [-0.1, -0.05) is 12.1 Å². The maximum atomic E-state index is 13.0. The number of nitrogens with one attached hydrogen (secondary N) is 2. The van der Waals surface area contributed by atoms with Crippen molar-refractivity contribution in [3.63, 3.8) is 0 Å². The Balaban J connectivity index is 1.29. The average molecular weight is 571 g/mol. The zero-order valence-electron chi connectivity index (χ0n) is 22.4. The van der Waals surface area contributed by atoms with Crippen LogP contribution in [-0.2, 0) is 9.53 Å². The summed E-state index contributed by atoms with van der Waals surface area (Å²) < 4.78 is 45.8. The molecule has 1 aliphatic heterocycles. The van der Waals surface area contributed by atoms with Gasteiger partial charge in [0.15, 0.2) is 5.65 Å². The van der Waals surface area contributed by atoms with Crippen LogP contribution in [0.5, 0.6) is 0 Å². The highest BCUT2D eigenvalue weighted by atomic mass is 19.4. The normalized spacial score (nSPS) is 15.2. The Morgan fingerprint density at radius 2 is 1.83 bits per heavy atom. The molecule has 1 atom stereocenters. The molecule has 1 fully saturated rings. The third-order valence-corrected chi connectivity index (χ3v) is 7.00. The van der Waals surface area contributed by atoms with Crippen molar-refractivity contribution in [2.45, 2.75) is 38.1 Å². The van der Waals surface area contributed by atoms with Crippen molar-refractivity contribution in [1.29, 1.82) is 0 Å². The van der Waals surface area contributed by atoms with Crippen molar-refractivity contribution in [2.75, 3.05) is 32.1 Å². The van der Waals surface area contributed by atoms with Gasteiger partial charge >= 0.3 is 12.2 Å². The molecule has 5 rings (SSSR count). The predicted molar refractivity (Wildman–Crippen MR) is 144 cm³/mol. The van der Waals surface area contributed by atoms with E-state index in [0.29, 0.717) is 35.7 Å². The maximum absolute atomic E-state index is 13.0. The Kier molecular flexibility index (Phi) is 7.92. The fourth-order valence-electron chi connectivity index (χ4n) is 4.73. The van der Waals surface area contributed by atoms with E-state index in [-0.39, 0.29) is 12.0 Å². The molecule has 4 heterocycles. The smallest absolute Gasteiger partial charge is 0.381 e. The summed E-state index contributed by atoms with van der Waals surface area (Å²) in [5, 5.41) is 13.1. The minimum Gasteiger partial charge on any atom is -0.381 e. The van der Waals surface area contributed by atoms with Gasteiger partial charge in [-0.3, -0.25) is 9.48 Å². The zero-order chi connectivity index (χ0) is 29.1. The molecule has 0 saturated carbocycles. The van der Waals surface area contributed by atoms with Gasteiger partial charge in [-0.15, -0.1) is 0 Å². The molecule has 14 heteroatoms. The monoisotopic (exact) mass is 570 g/mol. The number of carbonyl (C=O) groups is 2. The van der Waals surface area contributed by atoms with Crippen LogP contribution < -0.4 is 10.6 Å². The predicted octanol–water partition coefficient (Wildman–Crippen LogP) is 4.14. The summed E-state index contributed by atoms with van der Waals surface area (Å²) in [6.45, 7) is 1.71. The number of hydrogen-bond donors (Lipinski definition) is 2. The van der Waals surface area contributed by atoms with Crippen LogP contribution in [-0.4, -0.2) is 80.2 Å². The minimum absolute atomic E-state index is 0.00947. The molecule has 1 aromatic carbocycles. The van der Waals surface area contributed by atoms with E-state index in [2.05, 4.69) is 20.5 Å². The number of urea groups is 1. The number of aromatic nitrogens is 5. The molecule has 216 valence electrons. The van der Waals surface area contributed by atoms with Crippen LogP contribution in [0.15, 0.2) is 55.1 Å². The summed E-state index contributed by atoms with van der Waals surface area (Å²) in [5.74, 6) is 0.00947. The van der Waals surface area contributed by atoms with Crippen molar-refractivity contribution in [2.24, 2.45) is 0 Å². The second-order valence-corrected chi connectivity index (χ2v) is 9.81. The average Bonchev–Trinajstić information content (AvgIpc) is 3.63. The van der Waals surface area contributed by atoms with Gasteiger partial charge in [-0.05, 0) is 38.0 Å². The van der Waals surface area contributed by atoms with E-state index in [9.17, 15) is 22.8 Å². The van der Waals surface area contributed by atoms with Crippen LogP contribution in [0.25, 0.3) is 28.0 Å². The third-order valence-electron chi connectivity index (χ3n) is 7.00. The fourth-order valence-corrected chi connectivity index (χ4v) is 4.73. The van der Waals surface area contributed by atoms with E-state index in [1.807, 2.05) is 17.9 Å². The Morgan fingerprint density at radius 3 is 2.56 bits per heavy atom. The van der Waals surface area contributed by atoms with Crippen molar-refractivity contribution < 1.29 is 27.5 Å². The summed E-state index contributed by atoms with van der Waals surface area (Å²) >= 11 is 0. The van der Waals surface area contributed by atoms with Gasteiger partial charge in [0.1, 0.15) is 12.6 Å². The van der Waals surface area contributed by atoms with E-state index in [0.717, 1.165) is 24.0 Å². The first kappa shape index (κ1) is 28.1. The highest BCUT2D eigenvalue weighted by Gasteiger charge is 2.28.